The summed E-state index contributed by atoms with van der Waals surface area (Å²) in [6, 6.07) is 13.5. The lowest BCUT2D eigenvalue weighted by atomic mass is 10.1. The molecular weight excluding hydrogens is 372 g/mol. The molecule has 3 nitrogen and oxygen atoms in total. The van der Waals surface area contributed by atoms with Crippen LogP contribution in [0.15, 0.2) is 45.8 Å². The summed E-state index contributed by atoms with van der Waals surface area (Å²) in [6.45, 7) is 2.16. The molecule has 2 rings (SSSR count). The number of carbonyl (C=O) groups excluding carboxylic acids is 1. The van der Waals surface area contributed by atoms with Crippen LogP contribution in [0.25, 0.3) is 6.08 Å². The molecule has 1 aromatic heterocycles. The van der Waals surface area contributed by atoms with Gasteiger partial charge in [-0.2, -0.15) is 5.26 Å². The highest BCUT2D eigenvalue weighted by Crippen LogP contribution is 2.24. The van der Waals surface area contributed by atoms with Crippen LogP contribution in [-0.4, -0.2) is 5.91 Å². The van der Waals surface area contributed by atoms with Crippen LogP contribution in [0.2, 0.25) is 0 Å². The third kappa shape index (κ3) is 5.34. The number of hydrogen-bond donors (Lipinski definition) is 1. The van der Waals surface area contributed by atoms with Crippen molar-refractivity contribution < 1.29 is 4.79 Å². The first-order chi connectivity index (χ1) is 11.1. The van der Waals surface area contributed by atoms with Crippen LogP contribution in [0.3, 0.4) is 0 Å². The Kier molecular flexibility index (Phi) is 6.57. The molecule has 1 heterocycles. The van der Waals surface area contributed by atoms with Gasteiger partial charge in [0.2, 0.25) is 0 Å². The first kappa shape index (κ1) is 17.5. The van der Waals surface area contributed by atoms with Gasteiger partial charge in [-0.3, -0.25) is 4.79 Å². The van der Waals surface area contributed by atoms with Crippen LogP contribution in [0.5, 0.6) is 0 Å². The van der Waals surface area contributed by atoms with E-state index in [0.29, 0.717) is 5.69 Å². The van der Waals surface area contributed by atoms with Gasteiger partial charge < -0.3 is 5.32 Å². The maximum atomic E-state index is 12.2. The van der Waals surface area contributed by atoms with Crippen LogP contribution in [0, 0.1) is 11.3 Å². The van der Waals surface area contributed by atoms with Crippen molar-refractivity contribution in [3.8, 4) is 6.07 Å². The molecule has 0 unspecified atom stereocenters. The number of unbranched alkanes of at least 4 members (excludes halogenated alkanes) is 1. The number of anilines is 1. The van der Waals surface area contributed by atoms with Gasteiger partial charge in [0.05, 0.1) is 3.79 Å². The van der Waals surface area contributed by atoms with Gasteiger partial charge in [0, 0.05) is 10.6 Å². The van der Waals surface area contributed by atoms with E-state index in [2.05, 4.69) is 28.2 Å². The zero-order valence-electron chi connectivity index (χ0n) is 12.8. The number of benzene rings is 1. The molecule has 0 bridgehead atoms. The Bertz CT molecular complexity index is 741. The highest BCUT2D eigenvalue weighted by atomic mass is 79.9. The quantitative estimate of drug-likeness (QED) is 0.531. The Morgan fingerprint density at radius 1 is 1.30 bits per heavy atom. The van der Waals surface area contributed by atoms with E-state index in [1.54, 1.807) is 6.08 Å². The zero-order valence-corrected chi connectivity index (χ0v) is 15.2. The molecule has 5 heteroatoms. The van der Waals surface area contributed by atoms with E-state index >= 15 is 0 Å². The van der Waals surface area contributed by atoms with Gasteiger partial charge in [-0.15, -0.1) is 11.3 Å². The number of nitrogens with one attached hydrogen (secondary N) is 1. The third-order valence-electron chi connectivity index (χ3n) is 3.28. The van der Waals surface area contributed by atoms with Crippen molar-refractivity contribution in [3.05, 3.63) is 56.2 Å². The van der Waals surface area contributed by atoms with Crippen LogP contribution in [0.4, 0.5) is 5.69 Å². The molecule has 0 aliphatic rings. The van der Waals surface area contributed by atoms with Gasteiger partial charge in [0.15, 0.2) is 0 Å². The highest BCUT2D eigenvalue weighted by molar-refractivity contribution is 9.11. The van der Waals surface area contributed by atoms with Gasteiger partial charge in [0.25, 0.3) is 5.91 Å². The summed E-state index contributed by atoms with van der Waals surface area (Å²) in [5, 5.41) is 12.0. The molecular formula is C18H17BrN2OS. The number of nitriles is 1. The minimum Gasteiger partial charge on any atom is -0.321 e. The maximum Gasteiger partial charge on any atom is 0.266 e. The molecule has 0 spiro atoms. The standard InChI is InChI=1S/C18H17BrN2OS/c1-2-3-4-13-5-7-15(8-6-13)21-18(22)14(12-20)11-16-9-10-17(19)23-16/h5-11H,2-4H2,1H3,(H,21,22). The summed E-state index contributed by atoms with van der Waals surface area (Å²) in [6.07, 6.45) is 4.96. The monoisotopic (exact) mass is 388 g/mol. The fourth-order valence-electron chi connectivity index (χ4n) is 2.03. The molecule has 0 fully saturated rings. The Balaban J connectivity index is 2.05. The second-order valence-corrected chi connectivity index (χ2v) is 7.56. The molecule has 0 saturated heterocycles. The van der Waals surface area contributed by atoms with Crippen molar-refractivity contribution in [2.24, 2.45) is 0 Å². The van der Waals surface area contributed by atoms with E-state index in [1.165, 1.54) is 16.9 Å². The largest absolute Gasteiger partial charge is 0.321 e. The number of amides is 1. The number of thiophene rings is 1. The summed E-state index contributed by atoms with van der Waals surface area (Å²) < 4.78 is 0.962. The van der Waals surface area contributed by atoms with Crippen molar-refractivity contribution in [3.63, 3.8) is 0 Å². The first-order valence-corrected chi connectivity index (χ1v) is 9.00. The molecule has 0 aliphatic heterocycles. The fraction of sp³-hybridized carbons (Fsp3) is 0.222. The third-order valence-corrected chi connectivity index (χ3v) is 4.85. The minimum absolute atomic E-state index is 0.0920. The van der Waals surface area contributed by atoms with Crippen molar-refractivity contribution in [2.75, 3.05) is 5.32 Å². The molecule has 1 aromatic carbocycles. The number of rotatable bonds is 6. The maximum absolute atomic E-state index is 12.2. The van der Waals surface area contributed by atoms with Crippen molar-refractivity contribution >= 4 is 44.9 Å². The van der Waals surface area contributed by atoms with E-state index in [1.807, 2.05) is 42.5 Å². The lowest BCUT2D eigenvalue weighted by Crippen LogP contribution is -2.13. The predicted molar refractivity (Wildman–Crippen MR) is 99.3 cm³/mol. The topological polar surface area (TPSA) is 52.9 Å². The average Bonchev–Trinajstić information content (AvgIpc) is 2.97. The zero-order chi connectivity index (χ0) is 16.7. The molecule has 0 atom stereocenters. The number of hydrogen-bond acceptors (Lipinski definition) is 3. The summed E-state index contributed by atoms with van der Waals surface area (Å²) in [5.74, 6) is -0.390. The number of halogens is 1. The van der Waals surface area contributed by atoms with E-state index in [4.69, 9.17) is 0 Å². The molecule has 0 saturated carbocycles. The number of carbonyl (C=O) groups is 1. The lowest BCUT2D eigenvalue weighted by Gasteiger charge is -2.06. The summed E-state index contributed by atoms with van der Waals surface area (Å²) >= 11 is 4.84. The average molecular weight is 389 g/mol. The second kappa shape index (κ2) is 8.66. The number of nitrogens with zero attached hydrogens (tertiary/aromatic N) is 1. The molecule has 0 aliphatic carbocycles. The Labute approximate surface area is 148 Å². The molecule has 1 N–H and O–H groups in total. The van der Waals surface area contributed by atoms with Gasteiger partial charge in [-0.1, -0.05) is 25.5 Å². The van der Waals surface area contributed by atoms with Gasteiger partial charge >= 0.3 is 0 Å². The normalized spacial score (nSPS) is 11.1. The Hall–Kier alpha value is -1.90. The summed E-state index contributed by atoms with van der Waals surface area (Å²) in [4.78, 5) is 13.1. The summed E-state index contributed by atoms with van der Waals surface area (Å²) in [5.41, 5.74) is 2.04. The molecule has 0 radical (unpaired) electrons. The smallest absolute Gasteiger partial charge is 0.266 e. The van der Waals surface area contributed by atoms with Gasteiger partial charge in [-0.05, 0) is 64.7 Å². The molecule has 2 aromatic rings. The van der Waals surface area contributed by atoms with Crippen molar-refractivity contribution in [1.29, 1.82) is 5.26 Å². The van der Waals surface area contributed by atoms with Crippen LogP contribution in [-0.2, 0) is 11.2 Å². The molecule has 23 heavy (non-hydrogen) atoms. The van der Waals surface area contributed by atoms with Crippen molar-refractivity contribution in [1.82, 2.24) is 0 Å². The van der Waals surface area contributed by atoms with Crippen molar-refractivity contribution in [2.45, 2.75) is 26.2 Å². The van der Waals surface area contributed by atoms with Gasteiger partial charge in [0.1, 0.15) is 11.6 Å². The predicted octanol–water partition coefficient (Wildman–Crippen LogP) is 5.40. The Morgan fingerprint density at radius 2 is 2.04 bits per heavy atom. The second-order valence-electron chi connectivity index (χ2n) is 5.07. The SMILES string of the molecule is CCCCc1ccc(NC(=O)C(C#N)=Cc2ccc(Br)s2)cc1. The Morgan fingerprint density at radius 3 is 2.61 bits per heavy atom. The van der Waals surface area contributed by atoms with Gasteiger partial charge in [-0.25, -0.2) is 0 Å². The van der Waals surface area contributed by atoms with Crippen LogP contribution >= 0.6 is 27.3 Å². The van der Waals surface area contributed by atoms with E-state index in [9.17, 15) is 10.1 Å². The van der Waals surface area contributed by atoms with Crippen LogP contribution in [0.1, 0.15) is 30.2 Å². The lowest BCUT2D eigenvalue weighted by molar-refractivity contribution is -0.112. The highest BCUT2D eigenvalue weighted by Gasteiger charge is 2.10. The van der Waals surface area contributed by atoms with E-state index < -0.39 is 5.91 Å². The van der Waals surface area contributed by atoms with Crippen LogP contribution < -0.4 is 5.32 Å². The first-order valence-electron chi connectivity index (χ1n) is 7.40. The van der Waals surface area contributed by atoms with E-state index in [-0.39, 0.29) is 5.57 Å². The molecule has 118 valence electrons. The minimum atomic E-state index is -0.390. The van der Waals surface area contributed by atoms with E-state index in [0.717, 1.165) is 27.9 Å². The number of aryl methyl sites for hydroxylation is 1. The summed E-state index contributed by atoms with van der Waals surface area (Å²) in [7, 11) is 0. The molecule has 1 amide bonds. The fourth-order valence-corrected chi connectivity index (χ4v) is 3.40.